The summed E-state index contributed by atoms with van der Waals surface area (Å²) in [5, 5.41) is 26.2. The lowest BCUT2D eigenvalue weighted by Crippen LogP contribution is -2.58. The van der Waals surface area contributed by atoms with E-state index in [4.69, 9.17) is 22.3 Å². The maximum absolute atomic E-state index is 13.1. The number of rotatable bonds is 18. The van der Waals surface area contributed by atoms with Crippen LogP contribution < -0.4 is 33.2 Å². The molecule has 2 rings (SSSR count). The molecule has 0 spiro atoms. The molecule has 0 aliphatic carbocycles. The topological polar surface area (TPSA) is 273 Å². The maximum Gasteiger partial charge on any atom is 0.305 e. The van der Waals surface area contributed by atoms with Gasteiger partial charge in [0.2, 0.25) is 23.6 Å². The highest BCUT2D eigenvalue weighted by molar-refractivity contribution is 5.96. The molecule has 0 saturated carbocycles. The van der Waals surface area contributed by atoms with Crippen molar-refractivity contribution in [3.63, 3.8) is 0 Å². The lowest BCUT2D eigenvalue weighted by Gasteiger charge is -2.24. The quantitative estimate of drug-likeness (QED) is 0.0922. The van der Waals surface area contributed by atoms with Crippen molar-refractivity contribution >= 4 is 46.5 Å². The molecule has 0 aliphatic rings. The molecule has 2 aromatic rings. The van der Waals surface area contributed by atoms with Gasteiger partial charge in [-0.1, -0.05) is 24.6 Å². The van der Waals surface area contributed by atoms with E-state index < -0.39 is 72.6 Å². The Morgan fingerprint density at radius 3 is 2.10 bits per heavy atom. The number of aliphatic carboxylic acids is 2. The van der Waals surface area contributed by atoms with Gasteiger partial charge in [-0.25, -0.2) is 0 Å². The minimum absolute atomic E-state index is 0.0157. The van der Waals surface area contributed by atoms with Crippen molar-refractivity contribution in [1.82, 2.24) is 20.9 Å². The second-order valence-corrected chi connectivity index (χ2v) is 9.57. The summed E-state index contributed by atoms with van der Waals surface area (Å²) in [6.07, 6.45) is 1.36. The largest absolute Gasteiger partial charge is 0.481 e. The number of para-hydroxylation sites is 1. The summed E-state index contributed by atoms with van der Waals surface area (Å²) >= 11 is 0. The van der Waals surface area contributed by atoms with Crippen LogP contribution in [0.15, 0.2) is 30.5 Å². The molecule has 4 amide bonds. The molecule has 1 aromatic carbocycles. The minimum atomic E-state index is -1.67. The number of benzene rings is 1. The lowest BCUT2D eigenvalue weighted by molar-refractivity contribution is -0.141. The van der Waals surface area contributed by atoms with Crippen LogP contribution in [0.5, 0.6) is 0 Å². The number of carbonyl (C=O) groups is 6. The zero-order valence-electron chi connectivity index (χ0n) is 22.4. The van der Waals surface area contributed by atoms with Gasteiger partial charge in [0.15, 0.2) is 0 Å². The van der Waals surface area contributed by atoms with Crippen LogP contribution in [0.3, 0.4) is 0 Å². The molecule has 0 bridgehead atoms. The van der Waals surface area contributed by atoms with Crippen LogP contribution in [-0.2, 0) is 35.2 Å². The molecule has 4 atom stereocenters. The van der Waals surface area contributed by atoms with Gasteiger partial charge in [0.1, 0.15) is 18.1 Å². The highest BCUT2D eigenvalue weighted by atomic mass is 16.4. The SMILES string of the molecule is NCCCCC(N)C(=O)NC(CCC(=O)O)C(=O)NC(CC(=O)O)C(=O)NC(Cc1c[nH]c2ccccc12)C(N)=O. The van der Waals surface area contributed by atoms with Gasteiger partial charge >= 0.3 is 11.9 Å². The van der Waals surface area contributed by atoms with Crippen LogP contribution in [0.1, 0.15) is 44.1 Å². The zero-order valence-corrected chi connectivity index (χ0v) is 22.4. The molecule has 1 heterocycles. The van der Waals surface area contributed by atoms with E-state index in [0.29, 0.717) is 24.9 Å². The van der Waals surface area contributed by atoms with Crippen molar-refractivity contribution in [3.8, 4) is 0 Å². The molecule has 4 unspecified atom stereocenters. The third-order valence-corrected chi connectivity index (χ3v) is 6.36. The first-order valence-electron chi connectivity index (χ1n) is 13.1. The number of unbranched alkanes of at least 4 members (excludes halogenated alkanes) is 1. The predicted octanol–water partition coefficient (Wildman–Crippen LogP) is -1.55. The summed E-state index contributed by atoms with van der Waals surface area (Å²) in [7, 11) is 0. The number of hydrogen-bond donors (Lipinski definition) is 9. The molecule has 1 aromatic heterocycles. The standard InChI is InChI=1S/C26H37N7O8/c27-10-4-3-6-16(28)24(39)31-18(8-9-21(34)35)25(40)33-20(12-22(36)37)26(41)32-19(23(29)38)11-14-13-30-17-7-2-1-5-15(14)17/h1-2,5,7,13,16,18-20,30H,3-4,6,8-12,27-28H2,(H2,29,38)(H,31,39)(H,32,41)(H,33,40)(H,34,35)(H,36,37). The van der Waals surface area contributed by atoms with Crippen LogP contribution in [0.25, 0.3) is 10.9 Å². The summed E-state index contributed by atoms with van der Waals surface area (Å²) in [4.78, 5) is 76.5. The van der Waals surface area contributed by atoms with Gasteiger partial charge in [-0.2, -0.15) is 0 Å². The Kier molecular flexibility index (Phi) is 12.7. The second kappa shape index (κ2) is 15.9. The van der Waals surface area contributed by atoms with Crippen molar-refractivity contribution in [2.75, 3.05) is 6.54 Å². The van der Waals surface area contributed by atoms with Gasteiger partial charge in [-0.15, -0.1) is 0 Å². The Bertz CT molecular complexity index is 1250. The third-order valence-electron chi connectivity index (χ3n) is 6.36. The average Bonchev–Trinajstić information content (AvgIpc) is 3.32. The zero-order chi connectivity index (χ0) is 30.5. The summed E-state index contributed by atoms with van der Waals surface area (Å²) in [6, 6.07) is 1.89. The average molecular weight is 576 g/mol. The number of aromatic amines is 1. The number of carbonyl (C=O) groups excluding carboxylic acids is 4. The smallest absolute Gasteiger partial charge is 0.305 e. The summed E-state index contributed by atoms with van der Waals surface area (Å²) in [6.45, 7) is 0.406. The van der Waals surface area contributed by atoms with E-state index in [1.54, 1.807) is 12.3 Å². The summed E-state index contributed by atoms with van der Waals surface area (Å²) < 4.78 is 0. The molecule has 15 nitrogen and oxygen atoms in total. The Labute approximate surface area is 235 Å². The van der Waals surface area contributed by atoms with Crippen LogP contribution >= 0.6 is 0 Å². The summed E-state index contributed by atoms with van der Waals surface area (Å²) in [5.41, 5.74) is 18.3. The van der Waals surface area contributed by atoms with Crippen LogP contribution in [-0.4, -0.2) is 81.5 Å². The van der Waals surface area contributed by atoms with Crippen molar-refractivity contribution < 1.29 is 39.0 Å². The van der Waals surface area contributed by atoms with Crippen molar-refractivity contribution in [1.29, 1.82) is 0 Å². The molecule has 224 valence electrons. The number of hydrogen-bond acceptors (Lipinski definition) is 8. The fourth-order valence-electron chi connectivity index (χ4n) is 4.13. The number of carboxylic acids is 2. The highest BCUT2D eigenvalue weighted by Crippen LogP contribution is 2.19. The van der Waals surface area contributed by atoms with Gasteiger partial charge in [-0.05, 0) is 37.4 Å². The molecule has 12 N–H and O–H groups in total. The first-order chi connectivity index (χ1) is 19.4. The van der Waals surface area contributed by atoms with Gasteiger partial charge in [0.25, 0.3) is 0 Å². The molecule has 0 radical (unpaired) electrons. The van der Waals surface area contributed by atoms with Gasteiger partial charge in [0, 0.05) is 29.9 Å². The van der Waals surface area contributed by atoms with Gasteiger partial charge in [0.05, 0.1) is 12.5 Å². The van der Waals surface area contributed by atoms with Crippen LogP contribution in [0.4, 0.5) is 0 Å². The number of carboxylic acid groups (broad SMARTS) is 2. The van der Waals surface area contributed by atoms with E-state index in [-0.39, 0.29) is 19.3 Å². The van der Waals surface area contributed by atoms with E-state index in [1.807, 2.05) is 18.2 Å². The normalized spacial score (nSPS) is 13.9. The van der Waals surface area contributed by atoms with Crippen molar-refractivity contribution in [2.24, 2.45) is 17.2 Å². The molecule has 15 heteroatoms. The number of amides is 4. The number of fused-ring (bicyclic) bond motifs is 1. The number of nitrogens with one attached hydrogen (secondary N) is 4. The number of primary amides is 1. The van der Waals surface area contributed by atoms with E-state index in [1.165, 1.54) is 0 Å². The van der Waals surface area contributed by atoms with Crippen LogP contribution in [0, 0.1) is 0 Å². The first kappa shape index (κ1) is 32.7. The van der Waals surface area contributed by atoms with E-state index in [2.05, 4.69) is 20.9 Å². The van der Waals surface area contributed by atoms with Gasteiger partial charge in [-0.3, -0.25) is 28.8 Å². The number of H-pyrrole nitrogens is 1. The van der Waals surface area contributed by atoms with E-state index in [0.717, 1.165) is 10.9 Å². The Hall–Kier alpha value is -4.50. The van der Waals surface area contributed by atoms with E-state index >= 15 is 0 Å². The lowest BCUT2D eigenvalue weighted by atomic mass is 10.0. The monoisotopic (exact) mass is 575 g/mol. The Morgan fingerprint density at radius 2 is 1.46 bits per heavy atom. The summed E-state index contributed by atoms with van der Waals surface area (Å²) in [5.74, 6) is -6.30. The Balaban J connectivity index is 2.17. The molecule has 0 fully saturated rings. The maximum atomic E-state index is 13.1. The first-order valence-corrected chi connectivity index (χ1v) is 13.1. The number of nitrogens with two attached hydrogens (primary N) is 3. The number of aromatic nitrogens is 1. The fourth-order valence-corrected chi connectivity index (χ4v) is 4.13. The van der Waals surface area contributed by atoms with Crippen molar-refractivity contribution in [3.05, 3.63) is 36.0 Å². The molecule has 0 saturated heterocycles. The Morgan fingerprint density at radius 1 is 0.829 bits per heavy atom. The molecule has 41 heavy (non-hydrogen) atoms. The molecular formula is C26H37N7O8. The highest BCUT2D eigenvalue weighted by Gasteiger charge is 2.31. The third kappa shape index (κ3) is 10.5. The van der Waals surface area contributed by atoms with Crippen LogP contribution in [0.2, 0.25) is 0 Å². The fraction of sp³-hybridized carbons (Fsp3) is 0.462. The molecule has 0 aliphatic heterocycles. The van der Waals surface area contributed by atoms with E-state index in [9.17, 15) is 33.9 Å². The van der Waals surface area contributed by atoms with Gasteiger partial charge < -0.3 is 48.3 Å². The van der Waals surface area contributed by atoms with Crippen molar-refractivity contribution in [2.45, 2.75) is 69.1 Å². The molecular weight excluding hydrogens is 538 g/mol. The predicted molar refractivity (Wildman–Crippen MR) is 147 cm³/mol. The minimum Gasteiger partial charge on any atom is -0.481 e. The second-order valence-electron chi connectivity index (χ2n) is 9.57.